The van der Waals surface area contributed by atoms with E-state index in [4.69, 9.17) is 9.52 Å². The van der Waals surface area contributed by atoms with E-state index in [1.165, 1.54) is 0 Å². The van der Waals surface area contributed by atoms with E-state index in [2.05, 4.69) is 15.5 Å². The van der Waals surface area contributed by atoms with Crippen LogP contribution in [0.4, 0.5) is 0 Å². The molecule has 0 aliphatic rings. The van der Waals surface area contributed by atoms with Crippen LogP contribution in [0.3, 0.4) is 0 Å². The minimum absolute atomic E-state index is 0. The predicted octanol–water partition coefficient (Wildman–Crippen LogP) is -4.17. The average molecular weight is 712 g/mol. The minimum atomic E-state index is -2.97. The molecule has 1 aromatic heterocycles. The van der Waals surface area contributed by atoms with Crippen LogP contribution in [0, 0.1) is 10.1 Å². The molecule has 0 amide bonds. The van der Waals surface area contributed by atoms with Crippen LogP contribution < -0.4 is 26.0 Å². The second-order valence-electron chi connectivity index (χ2n) is 7.08. The third-order valence-electron chi connectivity index (χ3n) is 3.75. The van der Waals surface area contributed by atoms with Crippen LogP contribution in [0.15, 0.2) is 28.6 Å². The topological polar surface area (TPSA) is 224 Å². The van der Waals surface area contributed by atoms with Crippen molar-refractivity contribution in [1.82, 2.24) is 15.5 Å². The van der Waals surface area contributed by atoms with E-state index < -0.39 is 41.3 Å². The van der Waals surface area contributed by atoms with Crippen LogP contribution in [0.1, 0.15) is 24.4 Å². The van der Waals surface area contributed by atoms with Gasteiger partial charge in [-0.05, 0) is 26.2 Å². The normalized spacial score (nSPS) is 11.1. The molecule has 35 heavy (non-hydrogen) atoms. The second kappa shape index (κ2) is 17.9. The van der Waals surface area contributed by atoms with Crippen molar-refractivity contribution in [3.63, 3.8) is 0 Å². The largest absolute Gasteiger partial charge is 3.00 e. The number of carboxylic acids is 3. The number of furan rings is 1. The molecule has 0 aliphatic carbocycles. The number of nitro groups is 1. The summed E-state index contributed by atoms with van der Waals surface area (Å²) in [6, 6.07) is 3.98. The van der Waals surface area contributed by atoms with Crippen LogP contribution in [0.5, 0.6) is 0 Å². The molecule has 0 aromatic carbocycles. The first-order valence-electron chi connectivity index (χ1n) is 9.69. The van der Waals surface area contributed by atoms with Gasteiger partial charge in [-0.25, -0.2) is 0 Å². The number of nitrogens with zero attached hydrogens (tertiary/aromatic N) is 2. The predicted molar refractivity (Wildman–Crippen MR) is 119 cm³/mol. The molecule has 0 spiro atoms. The van der Waals surface area contributed by atoms with Crippen molar-refractivity contribution in [2.75, 3.05) is 33.4 Å². The molecular weight excluding hydrogens is 685 g/mol. The van der Waals surface area contributed by atoms with Gasteiger partial charge >= 0.3 is 26.2 Å². The number of thioether (sulfide) groups is 1. The number of nitrogens with one attached hydrogen (secondary N) is 2. The Balaban J connectivity index is 0. The number of carbonyl (C=O) groups is 3. The van der Waals surface area contributed by atoms with Crippen LogP contribution in [0.25, 0.3) is 0 Å². The molecular formula is C19H27BiN4O10S. The summed E-state index contributed by atoms with van der Waals surface area (Å²) in [5.74, 6) is -2.04. The van der Waals surface area contributed by atoms with Crippen molar-refractivity contribution in [3.8, 4) is 0 Å². The van der Waals surface area contributed by atoms with Crippen LogP contribution >= 0.6 is 11.8 Å². The maximum absolute atomic E-state index is 10.3. The summed E-state index contributed by atoms with van der Waals surface area (Å²) < 4.78 is 5.70. The second-order valence-corrected chi connectivity index (χ2v) is 8.19. The molecule has 0 fully saturated rings. The van der Waals surface area contributed by atoms with Gasteiger partial charge in [-0.2, -0.15) is 11.8 Å². The fourth-order valence-corrected chi connectivity index (χ4v) is 3.06. The fraction of sp³-hybridized carbons (Fsp3) is 0.526. The van der Waals surface area contributed by atoms with E-state index in [1.807, 2.05) is 26.2 Å². The Morgan fingerprint density at radius 1 is 1.17 bits per heavy atom. The van der Waals surface area contributed by atoms with Crippen molar-refractivity contribution in [3.05, 3.63) is 45.8 Å². The molecule has 1 aromatic rings. The number of aliphatic hydroxyl groups is 1. The van der Waals surface area contributed by atoms with Gasteiger partial charge in [0.15, 0.2) is 5.82 Å². The number of rotatable bonds is 15. The van der Waals surface area contributed by atoms with Crippen molar-refractivity contribution >= 4 is 55.9 Å². The molecule has 3 N–H and O–H groups in total. The summed E-state index contributed by atoms with van der Waals surface area (Å²) in [5, 5.41) is 55.0. The Morgan fingerprint density at radius 3 is 2.14 bits per heavy atom. The molecule has 0 bridgehead atoms. The van der Waals surface area contributed by atoms with Crippen LogP contribution in [0.2, 0.25) is 0 Å². The zero-order valence-corrected chi connectivity index (χ0v) is 23.6. The standard InChI is InChI=1S/C13H22N4O3S.C6H8O7.Bi/c1-14-13(9-17(18)19)15-6-7-21-10-12-5-4-11(20-12)8-16(2)3;7-3(8)1-6(13,5(11)12)2-4(9)10;/h4-5,9,14-15H,6-8,10H2,1-3H3;13H,1-2H2,(H,7,8)(H,9,10)(H,11,12);/q;;+3/p-3/b13-9-;;. The smallest absolute Gasteiger partial charge is 0.550 e. The van der Waals surface area contributed by atoms with Gasteiger partial charge in [0.25, 0.3) is 6.20 Å². The maximum atomic E-state index is 10.3. The molecule has 0 unspecified atom stereocenters. The summed E-state index contributed by atoms with van der Waals surface area (Å²) >= 11 is 1.72. The van der Waals surface area contributed by atoms with Gasteiger partial charge in [-0.15, -0.1) is 0 Å². The maximum Gasteiger partial charge on any atom is 3.00 e. The van der Waals surface area contributed by atoms with E-state index in [0.717, 1.165) is 35.8 Å². The SMILES string of the molecule is CN/C(=C/[N+](=O)[O-])NCCSCc1ccc(CN(C)C)o1.O=C([O-])CC(O)(CC(=O)[O-])C(=O)[O-].[Bi+3]. The van der Waals surface area contributed by atoms with Gasteiger partial charge in [-0.1, -0.05) is 0 Å². The average Bonchev–Trinajstić information content (AvgIpc) is 3.12. The quantitative estimate of drug-likeness (QED) is 0.0680. The number of carboxylic acid groups (broad SMARTS) is 3. The Hall–Kier alpha value is -2.42. The van der Waals surface area contributed by atoms with Crippen molar-refractivity contribution in [1.29, 1.82) is 0 Å². The molecule has 0 atom stereocenters. The van der Waals surface area contributed by atoms with Crippen LogP contribution in [-0.4, -0.2) is 98.1 Å². The Labute approximate surface area is 225 Å². The molecule has 0 saturated carbocycles. The Morgan fingerprint density at radius 2 is 1.71 bits per heavy atom. The Kier molecular flexibility index (Phi) is 17.8. The van der Waals surface area contributed by atoms with Gasteiger partial charge in [-0.3, -0.25) is 10.1 Å². The number of aliphatic carboxylic acids is 3. The van der Waals surface area contributed by atoms with E-state index in [0.29, 0.717) is 12.4 Å². The summed E-state index contributed by atoms with van der Waals surface area (Å²) in [7, 11) is 5.64. The molecule has 0 aliphatic heterocycles. The minimum Gasteiger partial charge on any atom is -0.550 e. The first kappa shape index (κ1) is 34.7. The zero-order valence-electron chi connectivity index (χ0n) is 19.3. The summed E-state index contributed by atoms with van der Waals surface area (Å²) in [4.78, 5) is 41.9. The molecule has 14 nitrogen and oxygen atoms in total. The van der Waals surface area contributed by atoms with Gasteiger partial charge < -0.3 is 54.8 Å². The van der Waals surface area contributed by atoms with Crippen molar-refractivity contribution in [2.24, 2.45) is 0 Å². The summed E-state index contributed by atoms with van der Waals surface area (Å²) in [6.07, 6.45) is -1.79. The number of hydrogen-bond acceptors (Lipinski definition) is 14. The van der Waals surface area contributed by atoms with E-state index >= 15 is 0 Å². The number of carbonyl (C=O) groups excluding carboxylic acids is 3. The molecule has 16 heteroatoms. The molecule has 1 rings (SSSR count). The first-order chi connectivity index (χ1) is 15.8. The van der Waals surface area contributed by atoms with Crippen molar-refractivity contribution < 1.29 is 44.2 Å². The van der Waals surface area contributed by atoms with Gasteiger partial charge in [0, 0.05) is 44.1 Å². The van der Waals surface area contributed by atoms with Gasteiger partial charge in [0.1, 0.15) is 17.1 Å². The zero-order chi connectivity index (χ0) is 26.3. The van der Waals surface area contributed by atoms with Crippen LogP contribution in [-0.2, 0) is 26.7 Å². The first-order valence-corrected chi connectivity index (χ1v) is 10.8. The molecule has 0 saturated heterocycles. The van der Waals surface area contributed by atoms with E-state index in [9.17, 15) is 39.8 Å². The van der Waals surface area contributed by atoms with E-state index in [1.54, 1.807) is 18.8 Å². The van der Waals surface area contributed by atoms with Crippen molar-refractivity contribution in [2.45, 2.75) is 30.7 Å². The van der Waals surface area contributed by atoms with Gasteiger partial charge in [0.2, 0.25) is 0 Å². The number of hydrogen-bond donors (Lipinski definition) is 3. The summed E-state index contributed by atoms with van der Waals surface area (Å²) in [5.41, 5.74) is -2.97. The third kappa shape index (κ3) is 16.8. The van der Waals surface area contributed by atoms with Gasteiger partial charge in [0.05, 0.1) is 23.2 Å². The molecule has 1 heterocycles. The summed E-state index contributed by atoms with van der Waals surface area (Å²) in [6.45, 7) is 1.44. The molecule has 194 valence electrons. The molecule has 2 radical (unpaired) electrons. The fourth-order valence-electron chi connectivity index (χ4n) is 2.32. The van der Waals surface area contributed by atoms with E-state index in [-0.39, 0.29) is 26.2 Å². The monoisotopic (exact) mass is 712 g/mol. The Bertz CT molecular complexity index is 846. The third-order valence-corrected chi connectivity index (χ3v) is 4.73.